The Labute approximate surface area is 123 Å². The van der Waals surface area contributed by atoms with E-state index in [1.165, 1.54) is 0 Å². The van der Waals surface area contributed by atoms with Gasteiger partial charge in [-0.05, 0) is 61.1 Å². The van der Waals surface area contributed by atoms with Crippen molar-refractivity contribution in [2.24, 2.45) is 0 Å². The van der Waals surface area contributed by atoms with Crippen LogP contribution in [-0.2, 0) is 19.6 Å². The van der Waals surface area contributed by atoms with E-state index < -0.39 is 5.79 Å². The van der Waals surface area contributed by atoms with Crippen molar-refractivity contribution >= 4 is 0 Å². The van der Waals surface area contributed by atoms with Crippen LogP contribution in [0.4, 0.5) is 0 Å². The summed E-state index contributed by atoms with van der Waals surface area (Å²) in [6.07, 6.45) is 1.75. The second-order valence-corrected chi connectivity index (χ2v) is 7.44. The van der Waals surface area contributed by atoms with Crippen LogP contribution in [0, 0.1) is 0 Å². The van der Waals surface area contributed by atoms with Gasteiger partial charge in [0.1, 0.15) is 0 Å². The summed E-state index contributed by atoms with van der Waals surface area (Å²) < 4.78 is 0. The predicted octanol–water partition coefficient (Wildman–Crippen LogP) is 3.29. The van der Waals surface area contributed by atoms with Crippen LogP contribution in [0.15, 0.2) is 0 Å². The van der Waals surface area contributed by atoms with E-state index in [0.717, 1.165) is 25.9 Å². The molecule has 0 aromatic heterocycles. The lowest BCUT2D eigenvalue weighted by Gasteiger charge is -2.41. The van der Waals surface area contributed by atoms with E-state index in [4.69, 9.17) is 19.6 Å². The van der Waals surface area contributed by atoms with Gasteiger partial charge in [-0.2, -0.15) is 9.78 Å². The highest BCUT2D eigenvalue weighted by atomic mass is 17.3. The smallest absolute Gasteiger partial charge is 0.246 e. The highest BCUT2D eigenvalue weighted by Gasteiger charge is 2.42. The van der Waals surface area contributed by atoms with Gasteiger partial charge in [-0.15, -0.1) is 0 Å². The van der Waals surface area contributed by atoms with E-state index >= 15 is 0 Å². The molecule has 0 bridgehead atoms. The predicted molar refractivity (Wildman–Crippen MR) is 77.9 cm³/mol. The minimum atomic E-state index is -0.852. The lowest BCUT2D eigenvalue weighted by molar-refractivity contribution is -0.545. The van der Waals surface area contributed by atoms with Crippen LogP contribution < -0.4 is 0 Å². The minimum Gasteiger partial charge on any atom is -0.298 e. The Morgan fingerprint density at radius 1 is 0.950 bits per heavy atom. The zero-order valence-corrected chi connectivity index (χ0v) is 14.1. The van der Waals surface area contributed by atoms with E-state index in [0.29, 0.717) is 6.54 Å². The molecule has 5 nitrogen and oxygen atoms in total. The fourth-order valence-electron chi connectivity index (χ4n) is 1.89. The summed E-state index contributed by atoms with van der Waals surface area (Å²) in [4.78, 5) is 24.6. The Hall–Kier alpha value is -0.200. The van der Waals surface area contributed by atoms with Gasteiger partial charge in [0.2, 0.25) is 5.79 Å². The summed E-state index contributed by atoms with van der Waals surface area (Å²) in [5.41, 5.74) is -0.765. The maximum atomic E-state index is 5.67. The molecule has 0 aromatic carbocycles. The van der Waals surface area contributed by atoms with E-state index in [1.54, 1.807) is 0 Å². The first-order valence-corrected chi connectivity index (χ1v) is 7.51. The van der Waals surface area contributed by atoms with Crippen molar-refractivity contribution in [3.63, 3.8) is 0 Å². The molecule has 0 spiro atoms. The number of rotatable bonds is 5. The number of piperidine rings is 1. The van der Waals surface area contributed by atoms with Crippen LogP contribution >= 0.6 is 0 Å². The van der Waals surface area contributed by atoms with Crippen molar-refractivity contribution in [1.82, 2.24) is 4.90 Å². The molecule has 1 fully saturated rings. The van der Waals surface area contributed by atoms with Gasteiger partial charge in [-0.25, -0.2) is 9.78 Å². The van der Waals surface area contributed by atoms with Crippen LogP contribution in [0.2, 0.25) is 0 Å². The lowest BCUT2D eigenvalue weighted by Crippen LogP contribution is -2.53. The monoisotopic (exact) mass is 289 g/mol. The van der Waals surface area contributed by atoms with Gasteiger partial charge in [0.25, 0.3) is 0 Å². The third kappa shape index (κ3) is 6.50. The number of likely N-dealkylation sites (N-methyl/N-ethyl adjacent to an activating group) is 1. The lowest BCUT2D eigenvalue weighted by atomic mass is 10.1. The van der Waals surface area contributed by atoms with Crippen molar-refractivity contribution in [2.45, 2.75) is 78.3 Å². The van der Waals surface area contributed by atoms with Gasteiger partial charge in [0.15, 0.2) is 0 Å². The molecule has 5 heteroatoms. The molecule has 0 radical (unpaired) electrons. The highest BCUT2D eigenvalue weighted by molar-refractivity contribution is 4.79. The first-order chi connectivity index (χ1) is 9.05. The summed E-state index contributed by atoms with van der Waals surface area (Å²) in [5.74, 6) is -0.852. The maximum Gasteiger partial charge on any atom is 0.246 e. The van der Waals surface area contributed by atoms with Crippen molar-refractivity contribution < 1.29 is 19.6 Å². The van der Waals surface area contributed by atoms with E-state index in [-0.39, 0.29) is 11.2 Å². The molecule has 1 rings (SSSR count). The molecule has 0 N–H and O–H groups in total. The fraction of sp³-hybridized carbons (Fsp3) is 1.00. The molecule has 1 aliphatic rings. The van der Waals surface area contributed by atoms with Crippen LogP contribution in [-0.4, -0.2) is 41.5 Å². The standard InChI is InChI=1S/C15H31NO4/c1-8-16-11-9-10-15(12-16,19-17-13(2,3)4)20-18-14(5,6)7/h8-12H2,1-7H3. The van der Waals surface area contributed by atoms with E-state index in [9.17, 15) is 0 Å². The molecular formula is C15H31NO4. The van der Waals surface area contributed by atoms with Crippen molar-refractivity contribution in [1.29, 1.82) is 0 Å². The molecule has 0 saturated carbocycles. The normalized spacial score (nSPS) is 21.1. The SMILES string of the molecule is CCN1CCCC(OOC(C)(C)C)(OOC(C)(C)C)C1. The van der Waals surface area contributed by atoms with Gasteiger partial charge in [-0.1, -0.05) is 6.92 Å². The quantitative estimate of drug-likeness (QED) is 0.441. The molecular weight excluding hydrogens is 258 g/mol. The second kappa shape index (κ2) is 6.71. The van der Waals surface area contributed by atoms with Crippen LogP contribution in [0.3, 0.4) is 0 Å². The molecule has 0 unspecified atom stereocenters. The third-order valence-electron chi connectivity index (χ3n) is 2.83. The number of likely N-dealkylation sites (tertiary alicyclic amines) is 1. The topological polar surface area (TPSA) is 40.2 Å². The Bertz CT molecular complexity index is 275. The Morgan fingerprint density at radius 3 is 1.85 bits per heavy atom. The van der Waals surface area contributed by atoms with Gasteiger partial charge in [0.05, 0.1) is 17.7 Å². The van der Waals surface area contributed by atoms with Gasteiger partial charge in [0, 0.05) is 6.42 Å². The number of hydrogen-bond donors (Lipinski definition) is 0. The Morgan fingerprint density at radius 2 is 1.45 bits per heavy atom. The van der Waals surface area contributed by atoms with Crippen LogP contribution in [0.5, 0.6) is 0 Å². The van der Waals surface area contributed by atoms with Crippen molar-refractivity contribution in [3.05, 3.63) is 0 Å². The molecule has 0 aliphatic carbocycles. The van der Waals surface area contributed by atoms with Crippen molar-refractivity contribution in [3.8, 4) is 0 Å². The molecule has 1 saturated heterocycles. The van der Waals surface area contributed by atoms with Gasteiger partial charge < -0.3 is 0 Å². The summed E-state index contributed by atoms with van der Waals surface area (Å²) in [6, 6.07) is 0. The highest BCUT2D eigenvalue weighted by Crippen LogP contribution is 2.30. The number of nitrogens with zero attached hydrogens (tertiary/aromatic N) is 1. The zero-order chi connectivity index (χ0) is 15.4. The minimum absolute atomic E-state index is 0.382. The molecule has 20 heavy (non-hydrogen) atoms. The molecule has 0 amide bonds. The largest absolute Gasteiger partial charge is 0.298 e. The Kier molecular flexibility index (Phi) is 5.99. The summed E-state index contributed by atoms with van der Waals surface area (Å²) in [7, 11) is 0. The van der Waals surface area contributed by atoms with Gasteiger partial charge >= 0.3 is 0 Å². The number of hydrogen-bond acceptors (Lipinski definition) is 5. The average molecular weight is 289 g/mol. The Balaban J connectivity index is 2.71. The summed E-state index contributed by atoms with van der Waals surface area (Å²) in [6.45, 7) is 16.5. The maximum absolute atomic E-state index is 5.67. The first kappa shape index (κ1) is 17.9. The summed E-state index contributed by atoms with van der Waals surface area (Å²) >= 11 is 0. The van der Waals surface area contributed by atoms with E-state index in [1.807, 2.05) is 41.5 Å². The molecule has 120 valence electrons. The molecule has 1 heterocycles. The van der Waals surface area contributed by atoms with Crippen LogP contribution in [0.1, 0.15) is 61.3 Å². The first-order valence-electron chi connectivity index (χ1n) is 7.51. The van der Waals surface area contributed by atoms with Crippen molar-refractivity contribution in [2.75, 3.05) is 19.6 Å². The average Bonchev–Trinajstić information content (AvgIpc) is 2.33. The molecule has 0 atom stereocenters. The third-order valence-corrected chi connectivity index (χ3v) is 2.83. The summed E-state index contributed by atoms with van der Waals surface area (Å²) in [5, 5.41) is 0. The van der Waals surface area contributed by atoms with E-state index in [2.05, 4.69) is 11.8 Å². The zero-order valence-electron chi connectivity index (χ0n) is 14.1. The molecule has 1 aliphatic heterocycles. The molecule has 0 aromatic rings. The van der Waals surface area contributed by atoms with Gasteiger partial charge in [-0.3, -0.25) is 4.90 Å². The van der Waals surface area contributed by atoms with Crippen LogP contribution in [0.25, 0.3) is 0 Å². The second-order valence-electron chi connectivity index (χ2n) is 7.44. The fourth-order valence-corrected chi connectivity index (χ4v) is 1.89.